The molecule has 2 N–H and O–H groups in total. The van der Waals surface area contributed by atoms with Crippen LogP contribution in [0.3, 0.4) is 0 Å². The molecule has 1 aliphatic heterocycles. The minimum atomic E-state index is -0.123. The van der Waals surface area contributed by atoms with Crippen molar-refractivity contribution in [2.24, 2.45) is 0 Å². The molecule has 0 aliphatic carbocycles. The zero-order chi connectivity index (χ0) is 16.9. The van der Waals surface area contributed by atoms with Crippen LogP contribution in [0.1, 0.15) is 34.3 Å². The van der Waals surface area contributed by atoms with Gasteiger partial charge in [0, 0.05) is 25.0 Å². The number of benzene rings is 1. The Hall–Kier alpha value is -2.40. The lowest BCUT2D eigenvalue weighted by atomic mass is 10.1. The molecule has 24 heavy (non-hydrogen) atoms. The lowest BCUT2D eigenvalue weighted by molar-refractivity contribution is 0.0857. The first-order chi connectivity index (χ1) is 11.6. The highest BCUT2D eigenvalue weighted by Gasteiger charge is 2.17. The summed E-state index contributed by atoms with van der Waals surface area (Å²) in [5.74, 6) is -0.123. The number of aromatic nitrogens is 1. The summed E-state index contributed by atoms with van der Waals surface area (Å²) in [4.78, 5) is 16.5. The summed E-state index contributed by atoms with van der Waals surface area (Å²) in [6, 6.07) is 7.93. The minimum absolute atomic E-state index is 0.123. The van der Waals surface area contributed by atoms with Crippen molar-refractivity contribution in [2.75, 3.05) is 18.5 Å². The Morgan fingerprint density at radius 3 is 3.00 bits per heavy atom. The molecule has 1 saturated heterocycles. The van der Waals surface area contributed by atoms with Crippen LogP contribution in [0.2, 0.25) is 0 Å². The van der Waals surface area contributed by atoms with E-state index in [1.807, 2.05) is 18.2 Å². The first kappa shape index (κ1) is 16.5. The number of ether oxygens (including phenoxy) is 1. The van der Waals surface area contributed by atoms with Gasteiger partial charge >= 0.3 is 0 Å². The average molecular weight is 325 g/mol. The molecule has 1 atom stereocenters. The number of hydrogen-bond donors (Lipinski definition) is 2. The van der Waals surface area contributed by atoms with Gasteiger partial charge in [0.05, 0.1) is 23.6 Å². The van der Waals surface area contributed by atoms with Gasteiger partial charge in [-0.05, 0) is 49.9 Å². The predicted molar refractivity (Wildman–Crippen MR) is 94.7 cm³/mol. The fraction of sp³-hybridized carbons (Fsp3) is 0.368. The van der Waals surface area contributed by atoms with Crippen molar-refractivity contribution in [2.45, 2.75) is 32.8 Å². The zero-order valence-corrected chi connectivity index (χ0v) is 14.1. The lowest BCUT2D eigenvalue weighted by Gasteiger charge is -2.13. The van der Waals surface area contributed by atoms with E-state index in [2.05, 4.69) is 35.5 Å². The summed E-state index contributed by atoms with van der Waals surface area (Å²) < 4.78 is 5.52. The van der Waals surface area contributed by atoms with Gasteiger partial charge < -0.3 is 15.4 Å². The van der Waals surface area contributed by atoms with E-state index in [-0.39, 0.29) is 12.0 Å². The first-order valence-corrected chi connectivity index (χ1v) is 8.31. The molecule has 0 spiro atoms. The van der Waals surface area contributed by atoms with Gasteiger partial charge in [-0.3, -0.25) is 9.78 Å². The topological polar surface area (TPSA) is 63.2 Å². The second kappa shape index (κ2) is 7.45. The van der Waals surface area contributed by atoms with Crippen molar-refractivity contribution in [3.05, 3.63) is 53.3 Å². The number of carbonyl (C=O) groups is 1. The molecule has 1 aromatic heterocycles. The SMILES string of the molecule is Cc1cccc(Nc2cncc(C(=O)NCC3CCCO3)c2)c1C. The Balaban J connectivity index is 1.67. The number of carbonyl (C=O) groups excluding carboxylic acids is 1. The Bertz CT molecular complexity index is 724. The fourth-order valence-corrected chi connectivity index (χ4v) is 2.79. The Labute approximate surface area is 142 Å². The molecule has 0 saturated carbocycles. The Kier molecular flexibility index (Phi) is 5.11. The molecular weight excluding hydrogens is 302 g/mol. The number of anilines is 2. The Morgan fingerprint density at radius 2 is 2.21 bits per heavy atom. The molecule has 1 amide bonds. The molecule has 5 heteroatoms. The summed E-state index contributed by atoms with van der Waals surface area (Å²) >= 11 is 0. The minimum Gasteiger partial charge on any atom is -0.376 e. The molecule has 5 nitrogen and oxygen atoms in total. The van der Waals surface area contributed by atoms with Gasteiger partial charge in [0.15, 0.2) is 0 Å². The number of nitrogens with one attached hydrogen (secondary N) is 2. The van der Waals surface area contributed by atoms with Crippen molar-refractivity contribution in [1.82, 2.24) is 10.3 Å². The summed E-state index contributed by atoms with van der Waals surface area (Å²) in [6.45, 7) is 5.49. The van der Waals surface area contributed by atoms with E-state index in [0.29, 0.717) is 12.1 Å². The van der Waals surface area contributed by atoms with Crippen LogP contribution in [0, 0.1) is 13.8 Å². The number of aryl methyl sites for hydroxylation is 1. The molecule has 0 bridgehead atoms. The van der Waals surface area contributed by atoms with E-state index in [1.165, 1.54) is 11.1 Å². The number of hydrogen-bond acceptors (Lipinski definition) is 4. The standard InChI is InChI=1S/C19H23N3O2/c1-13-5-3-7-18(14(13)2)22-16-9-15(10-20-11-16)19(23)21-12-17-6-4-8-24-17/h3,5,7,9-11,17,22H,4,6,8,12H2,1-2H3,(H,21,23). The highest BCUT2D eigenvalue weighted by molar-refractivity contribution is 5.94. The summed E-state index contributed by atoms with van der Waals surface area (Å²) in [5, 5.41) is 6.26. The third kappa shape index (κ3) is 3.92. The van der Waals surface area contributed by atoms with E-state index in [0.717, 1.165) is 30.8 Å². The second-order valence-electron chi connectivity index (χ2n) is 6.18. The maximum Gasteiger partial charge on any atom is 0.253 e. The van der Waals surface area contributed by atoms with E-state index in [1.54, 1.807) is 12.4 Å². The molecule has 3 rings (SSSR count). The monoisotopic (exact) mass is 325 g/mol. The van der Waals surface area contributed by atoms with Gasteiger partial charge in [0.1, 0.15) is 0 Å². The lowest BCUT2D eigenvalue weighted by Crippen LogP contribution is -2.31. The highest BCUT2D eigenvalue weighted by atomic mass is 16.5. The van der Waals surface area contributed by atoms with Gasteiger partial charge in [-0.15, -0.1) is 0 Å². The van der Waals surface area contributed by atoms with Crippen LogP contribution in [-0.2, 0) is 4.74 Å². The normalized spacial score (nSPS) is 16.8. The van der Waals surface area contributed by atoms with Gasteiger partial charge in [-0.1, -0.05) is 12.1 Å². The van der Waals surface area contributed by atoms with Gasteiger partial charge in [-0.2, -0.15) is 0 Å². The number of amides is 1. The number of rotatable bonds is 5. The molecular formula is C19H23N3O2. The van der Waals surface area contributed by atoms with E-state index < -0.39 is 0 Å². The first-order valence-electron chi connectivity index (χ1n) is 8.31. The fourth-order valence-electron chi connectivity index (χ4n) is 2.79. The van der Waals surface area contributed by atoms with Crippen molar-refractivity contribution < 1.29 is 9.53 Å². The van der Waals surface area contributed by atoms with Gasteiger partial charge in [0.25, 0.3) is 5.91 Å². The number of nitrogens with zero attached hydrogens (tertiary/aromatic N) is 1. The summed E-state index contributed by atoms with van der Waals surface area (Å²) in [7, 11) is 0. The van der Waals surface area contributed by atoms with Crippen LogP contribution in [0.25, 0.3) is 0 Å². The summed E-state index contributed by atoms with van der Waals surface area (Å²) in [6.07, 6.45) is 5.51. The largest absolute Gasteiger partial charge is 0.376 e. The summed E-state index contributed by atoms with van der Waals surface area (Å²) in [5.41, 5.74) is 4.77. The third-order valence-corrected chi connectivity index (χ3v) is 4.40. The van der Waals surface area contributed by atoms with Gasteiger partial charge in [-0.25, -0.2) is 0 Å². The Morgan fingerprint density at radius 1 is 1.33 bits per heavy atom. The van der Waals surface area contributed by atoms with Crippen LogP contribution >= 0.6 is 0 Å². The van der Waals surface area contributed by atoms with Gasteiger partial charge in [0.2, 0.25) is 0 Å². The zero-order valence-electron chi connectivity index (χ0n) is 14.1. The third-order valence-electron chi connectivity index (χ3n) is 4.40. The molecule has 2 aromatic rings. The molecule has 1 aromatic carbocycles. The van der Waals surface area contributed by atoms with Crippen LogP contribution in [-0.4, -0.2) is 30.1 Å². The van der Waals surface area contributed by atoms with Crippen molar-refractivity contribution in [1.29, 1.82) is 0 Å². The van der Waals surface area contributed by atoms with Crippen LogP contribution < -0.4 is 10.6 Å². The molecule has 1 fully saturated rings. The van der Waals surface area contributed by atoms with E-state index >= 15 is 0 Å². The van der Waals surface area contributed by atoms with Crippen molar-refractivity contribution in [3.8, 4) is 0 Å². The molecule has 1 unspecified atom stereocenters. The molecule has 0 radical (unpaired) electrons. The van der Waals surface area contributed by atoms with Crippen LogP contribution in [0.4, 0.5) is 11.4 Å². The van der Waals surface area contributed by atoms with E-state index in [9.17, 15) is 4.79 Å². The maximum atomic E-state index is 12.3. The highest BCUT2D eigenvalue weighted by Crippen LogP contribution is 2.22. The molecule has 1 aliphatic rings. The predicted octanol–water partition coefficient (Wildman–Crippen LogP) is 3.35. The van der Waals surface area contributed by atoms with E-state index in [4.69, 9.17) is 4.74 Å². The second-order valence-corrected chi connectivity index (χ2v) is 6.18. The van der Waals surface area contributed by atoms with Crippen LogP contribution in [0.5, 0.6) is 0 Å². The quantitative estimate of drug-likeness (QED) is 0.885. The average Bonchev–Trinajstić information content (AvgIpc) is 3.11. The van der Waals surface area contributed by atoms with Crippen molar-refractivity contribution >= 4 is 17.3 Å². The van der Waals surface area contributed by atoms with Crippen molar-refractivity contribution in [3.63, 3.8) is 0 Å². The molecule has 126 valence electrons. The molecule has 2 heterocycles. The maximum absolute atomic E-state index is 12.3. The smallest absolute Gasteiger partial charge is 0.253 e. The van der Waals surface area contributed by atoms with Crippen LogP contribution in [0.15, 0.2) is 36.7 Å². The number of pyridine rings is 1.